The zero-order valence-corrected chi connectivity index (χ0v) is 13.8. The van der Waals surface area contributed by atoms with Gasteiger partial charge in [-0.05, 0) is 12.1 Å². The molecule has 3 aromatic heterocycles. The molecule has 0 aliphatic rings. The maximum atomic E-state index is 11.4. The van der Waals surface area contributed by atoms with Gasteiger partial charge in [0.15, 0.2) is 11.6 Å². The van der Waals surface area contributed by atoms with Gasteiger partial charge in [0.1, 0.15) is 15.7 Å². The molecule has 0 saturated carbocycles. The van der Waals surface area contributed by atoms with Crippen molar-refractivity contribution in [3.63, 3.8) is 0 Å². The average molecular weight is 342 g/mol. The number of imidazole rings is 1. The van der Waals surface area contributed by atoms with Crippen LogP contribution in [0.3, 0.4) is 0 Å². The fourth-order valence-electron chi connectivity index (χ4n) is 2.06. The van der Waals surface area contributed by atoms with Crippen LogP contribution >= 0.6 is 11.3 Å². The van der Waals surface area contributed by atoms with E-state index in [1.807, 2.05) is 0 Å². The zero-order chi connectivity index (χ0) is 17.1. The van der Waals surface area contributed by atoms with Gasteiger partial charge < -0.3 is 15.6 Å². The first kappa shape index (κ1) is 15.8. The van der Waals surface area contributed by atoms with Crippen LogP contribution in [0.15, 0.2) is 30.7 Å². The number of hydrogen-bond acceptors (Lipinski definition) is 6. The number of pyridine rings is 1. The maximum Gasteiger partial charge on any atom is 0.222 e. The number of nitrogens with zero attached hydrogens (tertiary/aromatic N) is 3. The lowest BCUT2D eigenvalue weighted by molar-refractivity contribution is -0.115. The van der Waals surface area contributed by atoms with Gasteiger partial charge in [-0.1, -0.05) is 0 Å². The van der Waals surface area contributed by atoms with Crippen molar-refractivity contribution in [3.8, 4) is 21.3 Å². The van der Waals surface area contributed by atoms with Crippen LogP contribution in [-0.4, -0.2) is 31.8 Å². The van der Waals surface area contributed by atoms with Crippen LogP contribution in [0.1, 0.15) is 13.8 Å². The van der Waals surface area contributed by atoms with E-state index in [-0.39, 0.29) is 11.8 Å². The molecule has 3 aromatic rings. The summed E-state index contributed by atoms with van der Waals surface area (Å²) < 4.78 is 0. The van der Waals surface area contributed by atoms with Crippen molar-refractivity contribution in [3.05, 3.63) is 30.7 Å². The molecule has 3 rings (SSSR count). The Morgan fingerprint density at radius 3 is 2.58 bits per heavy atom. The van der Waals surface area contributed by atoms with Crippen LogP contribution in [0.5, 0.6) is 0 Å². The number of aromatic nitrogens is 4. The molecule has 3 heterocycles. The third-order valence-corrected chi connectivity index (χ3v) is 4.06. The molecular formula is C15H14N6O2S. The van der Waals surface area contributed by atoms with E-state index in [2.05, 4.69) is 30.6 Å². The molecule has 9 heteroatoms. The topological polar surface area (TPSA) is 113 Å². The number of rotatable bonds is 4. The number of aromatic amines is 1. The van der Waals surface area contributed by atoms with E-state index in [1.165, 1.54) is 25.2 Å². The van der Waals surface area contributed by atoms with Gasteiger partial charge in [-0.3, -0.25) is 9.59 Å². The van der Waals surface area contributed by atoms with Crippen LogP contribution in [-0.2, 0) is 9.59 Å². The summed E-state index contributed by atoms with van der Waals surface area (Å²) in [4.78, 5) is 39.1. The fraction of sp³-hybridized carbons (Fsp3) is 0.133. The van der Waals surface area contributed by atoms with Gasteiger partial charge in [-0.15, -0.1) is 11.3 Å². The van der Waals surface area contributed by atoms with E-state index in [4.69, 9.17) is 0 Å². The molecule has 0 bridgehead atoms. The number of hydrogen-bond donors (Lipinski definition) is 3. The van der Waals surface area contributed by atoms with Crippen molar-refractivity contribution in [1.29, 1.82) is 0 Å². The van der Waals surface area contributed by atoms with Crippen LogP contribution in [0.25, 0.3) is 21.3 Å². The van der Waals surface area contributed by atoms with Crippen LogP contribution in [0.2, 0.25) is 0 Å². The van der Waals surface area contributed by atoms with Crippen molar-refractivity contribution < 1.29 is 9.59 Å². The van der Waals surface area contributed by atoms with Crippen molar-refractivity contribution in [2.45, 2.75) is 13.8 Å². The monoisotopic (exact) mass is 342 g/mol. The van der Waals surface area contributed by atoms with Gasteiger partial charge >= 0.3 is 0 Å². The molecule has 0 fully saturated rings. The third-order valence-electron chi connectivity index (χ3n) is 2.95. The first-order valence-electron chi connectivity index (χ1n) is 7.05. The lowest BCUT2D eigenvalue weighted by Crippen LogP contribution is -2.07. The van der Waals surface area contributed by atoms with Crippen LogP contribution in [0, 0.1) is 0 Å². The van der Waals surface area contributed by atoms with Crippen molar-refractivity contribution in [1.82, 2.24) is 19.9 Å². The summed E-state index contributed by atoms with van der Waals surface area (Å²) in [7, 11) is 0. The highest BCUT2D eigenvalue weighted by molar-refractivity contribution is 7.19. The number of amides is 2. The predicted octanol–water partition coefficient (Wildman–Crippen LogP) is 2.51. The third kappa shape index (κ3) is 3.46. The number of H-pyrrole nitrogens is 1. The quantitative estimate of drug-likeness (QED) is 0.674. The second-order valence-electron chi connectivity index (χ2n) is 4.93. The second kappa shape index (κ2) is 6.59. The summed E-state index contributed by atoms with van der Waals surface area (Å²) in [5.74, 6) is 1.09. The van der Waals surface area contributed by atoms with Gasteiger partial charge in [-0.2, -0.15) is 0 Å². The van der Waals surface area contributed by atoms with Crippen molar-refractivity contribution in [2.75, 3.05) is 10.6 Å². The molecule has 0 unspecified atom stereocenters. The molecule has 0 spiro atoms. The Bertz CT molecular complexity index is 887. The molecule has 0 aliphatic carbocycles. The fourth-order valence-corrected chi connectivity index (χ4v) is 3.03. The first-order valence-corrected chi connectivity index (χ1v) is 7.87. The van der Waals surface area contributed by atoms with Crippen LogP contribution in [0.4, 0.5) is 11.6 Å². The highest BCUT2D eigenvalue weighted by Crippen LogP contribution is 2.37. The van der Waals surface area contributed by atoms with E-state index in [0.717, 1.165) is 10.4 Å². The van der Waals surface area contributed by atoms with Gasteiger partial charge in [0, 0.05) is 38.0 Å². The number of carbonyl (C=O) groups excluding carboxylic acids is 2. The Morgan fingerprint density at radius 1 is 1.12 bits per heavy atom. The van der Waals surface area contributed by atoms with Crippen molar-refractivity contribution >= 4 is 34.8 Å². The van der Waals surface area contributed by atoms with Crippen molar-refractivity contribution in [2.24, 2.45) is 0 Å². The first-order chi connectivity index (χ1) is 11.5. The summed E-state index contributed by atoms with van der Waals surface area (Å²) in [6, 6.07) is 3.51. The average Bonchev–Trinajstić information content (AvgIpc) is 3.15. The molecule has 2 amide bonds. The van der Waals surface area contributed by atoms with Crippen LogP contribution < -0.4 is 10.6 Å². The summed E-state index contributed by atoms with van der Waals surface area (Å²) >= 11 is 1.38. The SMILES string of the molecule is CC(=O)Nc1cc(-c2nc(NC(C)=O)c(-c3ncc[nH]3)s2)ccn1. The zero-order valence-electron chi connectivity index (χ0n) is 13.0. The van der Waals surface area contributed by atoms with Gasteiger partial charge in [0.2, 0.25) is 11.8 Å². The van der Waals surface area contributed by atoms with Gasteiger partial charge in [0.25, 0.3) is 0 Å². The number of thiazole rings is 1. The Labute approximate surface area is 141 Å². The Hall–Kier alpha value is -3.07. The minimum atomic E-state index is -0.215. The highest BCUT2D eigenvalue weighted by Gasteiger charge is 2.17. The highest BCUT2D eigenvalue weighted by atomic mass is 32.1. The molecule has 3 N–H and O–H groups in total. The normalized spacial score (nSPS) is 10.4. The lowest BCUT2D eigenvalue weighted by Gasteiger charge is -2.02. The largest absolute Gasteiger partial charge is 0.344 e. The molecule has 0 atom stereocenters. The van der Waals surface area contributed by atoms with E-state index >= 15 is 0 Å². The summed E-state index contributed by atoms with van der Waals surface area (Å²) in [5, 5.41) is 6.03. The number of anilines is 2. The molecule has 0 aromatic carbocycles. The molecule has 0 saturated heterocycles. The molecule has 0 aliphatic heterocycles. The summed E-state index contributed by atoms with van der Waals surface area (Å²) in [6.07, 6.45) is 4.92. The van der Waals surface area contributed by atoms with E-state index in [9.17, 15) is 9.59 Å². The maximum absolute atomic E-state index is 11.4. The Kier molecular flexibility index (Phi) is 4.34. The van der Waals surface area contributed by atoms with Gasteiger partial charge in [-0.25, -0.2) is 15.0 Å². The Morgan fingerprint density at radius 2 is 1.92 bits per heavy atom. The number of carbonyl (C=O) groups is 2. The molecule has 24 heavy (non-hydrogen) atoms. The smallest absolute Gasteiger partial charge is 0.222 e. The van der Waals surface area contributed by atoms with E-state index in [1.54, 1.807) is 30.7 Å². The minimum absolute atomic E-state index is 0.200. The molecule has 122 valence electrons. The Balaban J connectivity index is 2.02. The van der Waals surface area contributed by atoms with Gasteiger partial charge in [0.05, 0.1) is 0 Å². The second-order valence-corrected chi connectivity index (χ2v) is 5.93. The summed E-state index contributed by atoms with van der Waals surface area (Å²) in [6.45, 7) is 2.84. The standard InChI is InChI=1S/C15H14N6O2S/c1-8(22)19-11-7-10(3-4-16-11)15-21-14(20-9(2)23)12(24-15)13-17-5-6-18-13/h3-7H,1-2H3,(H,17,18)(H,20,23)(H,16,19,22). The van der Waals surface area contributed by atoms with E-state index in [0.29, 0.717) is 22.5 Å². The van der Waals surface area contributed by atoms with E-state index < -0.39 is 0 Å². The molecule has 0 radical (unpaired) electrons. The summed E-state index contributed by atoms with van der Waals surface area (Å²) in [5.41, 5.74) is 0.781. The minimum Gasteiger partial charge on any atom is -0.344 e. The predicted molar refractivity (Wildman–Crippen MR) is 91.5 cm³/mol. The molecular weight excluding hydrogens is 328 g/mol. The number of nitrogens with one attached hydrogen (secondary N) is 3. The lowest BCUT2D eigenvalue weighted by atomic mass is 10.2. The molecule has 8 nitrogen and oxygen atoms in total.